The van der Waals surface area contributed by atoms with E-state index >= 15 is 0 Å². The summed E-state index contributed by atoms with van der Waals surface area (Å²) in [5.41, 5.74) is 2.37. The molecule has 0 atom stereocenters. The van der Waals surface area contributed by atoms with Crippen LogP contribution in [-0.4, -0.2) is 64.9 Å². The van der Waals surface area contributed by atoms with Crippen molar-refractivity contribution < 1.29 is 13.9 Å². The topological polar surface area (TPSA) is 68.0 Å². The lowest BCUT2D eigenvalue weighted by Crippen LogP contribution is -2.47. The van der Waals surface area contributed by atoms with Gasteiger partial charge in [0, 0.05) is 55.1 Å². The number of piperazine rings is 1. The summed E-state index contributed by atoms with van der Waals surface area (Å²) < 4.78 is 26.9. The van der Waals surface area contributed by atoms with E-state index in [1.54, 1.807) is 30.9 Å². The van der Waals surface area contributed by atoms with Crippen molar-refractivity contribution in [3.05, 3.63) is 65.3 Å². The van der Waals surface area contributed by atoms with E-state index in [4.69, 9.17) is 21.1 Å². The molecular formula is C24H24ClFN6O2. The Morgan fingerprint density at radius 1 is 1.00 bits per heavy atom. The molecule has 1 saturated heterocycles. The Bertz CT molecular complexity index is 1300. The van der Waals surface area contributed by atoms with E-state index in [1.807, 2.05) is 24.4 Å². The van der Waals surface area contributed by atoms with Crippen molar-refractivity contribution in [2.45, 2.75) is 6.54 Å². The predicted octanol–water partition coefficient (Wildman–Crippen LogP) is 3.92. The lowest BCUT2D eigenvalue weighted by atomic mass is 10.1. The first-order valence-corrected chi connectivity index (χ1v) is 11.3. The van der Waals surface area contributed by atoms with Gasteiger partial charge >= 0.3 is 0 Å². The molecule has 1 aliphatic rings. The van der Waals surface area contributed by atoms with Crippen LogP contribution < -0.4 is 14.4 Å². The number of ether oxygens (including phenoxy) is 2. The second kappa shape index (κ2) is 9.44. The average molecular weight is 483 g/mol. The summed E-state index contributed by atoms with van der Waals surface area (Å²) in [6, 6.07) is 10.6. The van der Waals surface area contributed by atoms with Crippen LogP contribution in [0, 0.1) is 5.82 Å². The van der Waals surface area contributed by atoms with Gasteiger partial charge in [-0.05, 0) is 29.8 Å². The number of methoxy groups -OCH3 is 2. The van der Waals surface area contributed by atoms with Crippen LogP contribution in [0.5, 0.6) is 11.5 Å². The summed E-state index contributed by atoms with van der Waals surface area (Å²) in [6.07, 6.45) is 3.31. The minimum absolute atomic E-state index is 0.274. The van der Waals surface area contributed by atoms with Crippen molar-refractivity contribution in [3.8, 4) is 22.6 Å². The third kappa shape index (κ3) is 4.12. The molecule has 0 saturated carbocycles. The molecule has 0 amide bonds. The summed E-state index contributed by atoms with van der Waals surface area (Å²) in [7, 11) is 3.22. The van der Waals surface area contributed by atoms with Gasteiger partial charge in [0.05, 0.1) is 14.2 Å². The molecule has 10 heteroatoms. The number of nitrogens with zero attached hydrogens (tertiary/aromatic N) is 6. The monoisotopic (exact) mass is 482 g/mol. The molecule has 2 aromatic carbocycles. The van der Waals surface area contributed by atoms with E-state index in [2.05, 4.69) is 24.9 Å². The van der Waals surface area contributed by atoms with Crippen molar-refractivity contribution in [1.29, 1.82) is 0 Å². The van der Waals surface area contributed by atoms with Crippen LogP contribution in [0.1, 0.15) is 5.56 Å². The lowest BCUT2D eigenvalue weighted by molar-refractivity contribution is 0.246. The van der Waals surface area contributed by atoms with E-state index in [1.165, 1.54) is 12.4 Å². The van der Waals surface area contributed by atoms with Crippen molar-refractivity contribution in [1.82, 2.24) is 24.5 Å². The molecule has 0 radical (unpaired) electrons. The molecule has 0 aliphatic carbocycles. The van der Waals surface area contributed by atoms with Gasteiger partial charge in [0.1, 0.15) is 18.0 Å². The first kappa shape index (κ1) is 22.4. The summed E-state index contributed by atoms with van der Waals surface area (Å²) in [5.74, 6) is 2.45. The molecule has 0 spiro atoms. The summed E-state index contributed by atoms with van der Waals surface area (Å²) in [5, 5.41) is 4.89. The number of fused-ring (bicyclic) bond motifs is 1. The number of aromatic nitrogens is 4. The fraction of sp³-hybridized carbons (Fsp3) is 0.292. The Balaban J connectivity index is 1.45. The van der Waals surface area contributed by atoms with Gasteiger partial charge in [-0.25, -0.2) is 9.37 Å². The van der Waals surface area contributed by atoms with Gasteiger partial charge < -0.3 is 14.4 Å². The number of halogens is 2. The first-order valence-electron chi connectivity index (χ1n) is 10.9. The first-order chi connectivity index (χ1) is 16.6. The van der Waals surface area contributed by atoms with E-state index in [-0.39, 0.29) is 5.82 Å². The predicted molar refractivity (Wildman–Crippen MR) is 128 cm³/mol. The van der Waals surface area contributed by atoms with E-state index in [0.717, 1.165) is 43.1 Å². The molecule has 0 bridgehead atoms. The molecule has 3 heterocycles. The van der Waals surface area contributed by atoms with E-state index < -0.39 is 0 Å². The van der Waals surface area contributed by atoms with Crippen molar-refractivity contribution in [3.63, 3.8) is 0 Å². The molecule has 0 unspecified atom stereocenters. The zero-order valence-corrected chi connectivity index (χ0v) is 19.7. The number of anilines is 1. The third-order valence-corrected chi connectivity index (χ3v) is 6.44. The molecule has 0 N–H and O–H groups in total. The Morgan fingerprint density at radius 3 is 2.53 bits per heavy atom. The highest BCUT2D eigenvalue weighted by Crippen LogP contribution is 2.36. The van der Waals surface area contributed by atoms with E-state index in [0.29, 0.717) is 34.4 Å². The van der Waals surface area contributed by atoms with Gasteiger partial charge in [-0.15, -0.1) is 0 Å². The van der Waals surface area contributed by atoms with Crippen molar-refractivity contribution >= 4 is 23.2 Å². The highest BCUT2D eigenvalue weighted by Gasteiger charge is 2.25. The minimum Gasteiger partial charge on any atom is -0.493 e. The van der Waals surface area contributed by atoms with Gasteiger partial charge in [0.25, 0.3) is 5.78 Å². The van der Waals surface area contributed by atoms with Crippen LogP contribution in [0.25, 0.3) is 16.9 Å². The van der Waals surface area contributed by atoms with Gasteiger partial charge in [-0.1, -0.05) is 23.7 Å². The number of benzene rings is 2. The van der Waals surface area contributed by atoms with Gasteiger partial charge in [-0.2, -0.15) is 14.6 Å². The van der Waals surface area contributed by atoms with Crippen LogP contribution in [0.4, 0.5) is 10.2 Å². The molecule has 176 valence electrons. The highest BCUT2D eigenvalue weighted by atomic mass is 35.5. The normalized spacial score (nSPS) is 14.5. The number of hydrogen-bond acceptors (Lipinski definition) is 7. The molecule has 2 aromatic heterocycles. The van der Waals surface area contributed by atoms with Gasteiger partial charge in [-0.3, -0.25) is 4.90 Å². The molecule has 8 nitrogen and oxygen atoms in total. The van der Waals surface area contributed by atoms with Crippen LogP contribution in [0.3, 0.4) is 0 Å². The van der Waals surface area contributed by atoms with Gasteiger partial charge in [0.2, 0.25) is 0 Å². The van der Waals surface area contributed by atoms with Crippen LogP contribution in [0.15, 0.2) is 48.9 Å². The molecule has 34 heavy (non-hydrogen) atoms. The SMILES string of the molecule is COc1ccc(-c2cnc3ncnn3c2N2CCN(Cc3c(F)cccc3Cl)CC2)cc1OC. The van der Waals surface area contributed by atoms with E-state index in [9.17, 15) is 4.39 Å². The highest BCUT2D eigenvalue weighted by molar-refractivity contribution is 6.31. The van der Waals surface area contributed by atoms with Crippen LogP contribution in [0.2, 0.25) is 5.02 Å². The molecule has 5 rings (SSSR count). The Morgan fingerprint density at radius 2 is 1.79 bits per heavy atom. The maximum Gasteiger partial charge on any atom is 0.254 e. The molecule has 4 aromatic rings. The fourth-order valence-electron chi connectivity index (χ4n) is 4.30. The van der Waals surface area contributed by atoms with Crippen molar-refractivity contribution in [2.24, 2.45) is 0 Å². The Hall–Kier alpha value is -3.43. The maximum atomic E-state index is 14.3. The van der Waals surface area contributed by atoms with Crippen LogP contribution >= 0.6 is 11.6 Å². The smallest absolute Gasteiger partial charge is 0.254 e. The van der Waals surface area contributed by atoms with Crippen molar-refractivity contribution in [2.75, 3.05) is 45.3 Å². The number of hydrogen-bond donors (Lipinski definition) is 0. The zero-order chi connectivity index (χ0) is 23.7. The number of rotatable bonds is 6. The lowest BCUT2D eigenvalue weighted by Gasteiger charge is -2.36. The zero-order valence-electron chi connectivity index (χ0n) is 18.9. The quantitative estimate of drug-likeness (QED) is 0.412. The molecule has 1 aliphatic heterocycles. The average Bonchev–Trinajstić information content (AvgIpc) is 3.35. The second-order valence-corrected chi connectivity index (χ2v) is 8.41. The van der Waals surface area contributed by atoms with Crippen LogP contribution in [-0.2, 0) is 6.54 Å². The fourth-order valence-corrected chi connectivity index (χ4v) is 4.53. The largest absolute Gasteiger partial charge is 0.493 e. The van der Waals surface area contributed by atoms with Gasteiger partial charge in [0.15, 0.2) is 11.5 Å². The Labute approximate surface area is 201 Å². The second-order valence-electron chi connectivity index (χ2n) is 8.00. The molecular weight excluding hydrogens is 459 g/mol. The Kier molecular flexibility index (Phi) is 6.21. The summed E-state index contributed by atoms with van der Waals surface area (Å²) in [6.45, 7) is 3.41. The molecule has 1 fully saturated rings. The maximum absolute atomic E-state index is 14.3. The summed E-state index contributed by atoms with van der Waals surface area (Å²) >= 11 is 6.24. The third-order valence-electron chi connectivity index (χ3n) is 6.09. The standard InChI is InChI=1S/C24H24ClFN6O2/c1-33-21-7-6-16(12-22(21)34-2)17-13-27-24-28-15-29-32(24)23(17)31-10-8-30(9-11-31)14-18-19(25)4-3-5-20(18)26/h3-7,12-13,15H,8-11,14H2,1-2H3. The summed E-state index contributed by atoms with van der Waals surface area (Å²) in [4.78, 5) is 13.2. The minimum atomic E-state index is -0.274.